The first-order valence-electron chi connectivity index (χ1n) is 8.08. The molecule has 1 aliphatic rings. The predicted molar refractivity (Wildman–Crippen MR) is 84.4 cm³/mol. The lowest BCUT2D eigenvalue weighted by atomic mass is 10.1. The smallest absolute Gasteiger partial charge is 0.356 e. The maximum atomic E-state index is 12.8. The van der Waals surface area contributed by atoms with Gasteiger partial charge in [0.15, 0.2) is 0 Å². The molecule has 2 amide bonds. The molecule has 0 bridgehead atoms. The second-order valence-electron chi connectivity index (χ2n) is 5.95. The lowest BCUT2D eigenvalue weighted by Gasteiger charge is -2.18. The molecule has 132 valence electrons. The summed E-state index contributed by atoms with van der Waals surface area (Å²) < 4.78 is 38.4. The summed E-state index contributed by atoms with van der Waals surface area (Å²) in [6, 6.07) is 4.62. The van der Waals surface area contributed by atoms with Crippen LogP contribution in [-0.4, -0.2) is 24.9 Å². The summed E-state index contributed by atoms with van der Waals surface area (Å²) >= 11 is 0. The predicted octanol–water partition coefficient (Wildman–Crippen LogP) is 3.36. The number of carbonyl (C=O) groups is 2. The Bertz CT molecular complexity index is 602. The van der Waals surface area contributed by atoms with Crippen LogP contribution in [0, 0.1) is 5.92 Å². The van der Waals surface area contributed by atoms with Crippen LogP contribution in [-0.2, 0) is 15.8 Å². The molecular weight excluding hydrogens is 321 g/mol. The number of nitrogens with zero attached hydrogens (tertiary/aromatic N) is 1. The largest absolute Gasteiger partial charge is 0.416 e. The Morgan fingerprint density at radius 2 is 2.08 bits per heavy atom. The van der Waals surface area contributed by atoms with Gasteiger partial charge in [0.25, 0.3) is 0 Å². The lowest BCUT2D eigenvalue weighted by molar-refractivity contribution is -0.137. The van der Waals surface area contributed by atoms with Gasteiger partial charge in [-0.3, -0.25) is 9.59 Å². The number of halogens is 3. The minimum Gasteiger partial charge on any atom is -0.356 e. The highest BCUT2D eigenvalue weighted by Crippen LogP contribution is 2.33. The van der Waals surface area contributed by atoms with E-state index in [-0.39, 0.29) is 30.5 Å². The molecule has 1 N–H and O–H groups in total. The molecule has 0 radical (unpaired) electrons. The minimum atomic E-state index is -4.46. The van der Waals surface area contributed by atoms with Gasteiger partial charge >= 0.3 is 6.18 Å². The molecule has 7 heteroatoms. The van der Waals surface area contributed by atoms with Crippen LogP contribution in [0.15, 0.2) is 24.3 Å². The summed E-state index contributed by atoms with van der Waals surface area (Å²) in [5.41, 5.74) is -0.628. The summed E-state index contributed by atoms with van der Waals surface area (Å²) in [7, 11) is 0. The molecule has 24 heavy (non-hydrogen) atoms. The van der Waals surface area contributed by atoms with E-state index in [1.54, 1.807) is 0 Å². The first kappa shape index (κ1) is 18.3. The van der Waals surface area contributed by atoms with Gasteiger partial charge in [0.05, 0.1) is 11.5 Å². The van der Waals surface area contributed by atoms with E-state index in [0.717, 1.165) is 31.4 Å². The summed E-state index contributed by atoms with van der Waals surface area (Å²) in [6.07, 6.45) is -1.51. The zero-order chi connectivity index (χ0) is 17.7. The monoisotopic (exact) mass is 342 g/mol. The van der Waals surface area contributed by atoms with Crippen molar-refractivity contribution < 1.29 is 22.8 Å². The summed E-state index contributed by atoms with van der Waals surface area (Å²) in [5, 5.41) is 2.79. The van der Waals surface area contributed by atoms with Gasteiger partial charge in [0, 0.05) is 25.2 Å². The van der Waals surface area contributed by atoms with Crippen LogP contribution in [0.3, 0.4) is 0 Å². The zero-order valence-electron chi connectivity index (χ0n) is 13.5. The van der Waals surface area contributed by atoms with Gasteiger partial charge in [0.1, 0.15) is 0 Å². The third-order valence-corrected chi connectivity index (χ3v) is 4.06. The molecule has 1 heterocycles. The molecular formula is C17H21F3N2O2. The van der Waals surface area contributed by atoms with Crippen LogP contribution < -0.4 is 10.2 Å². The van der Waals surface area contributed by atoms with Crippen molar-refractivity contribution in [1.82, 2.24) is 5.32 Å². The first-order valence-corrected chi connectivity index (χ1v) is 8.08. The van der Waals surface area contributed by atoms with Crippen LogP contribution in [0.4, 0.5) is 18.9 Å². The van der Waals surface area contributed by atoms with Gasteiger partial charge in [-0.2, -0.15) is 13.2 Å². The van der Waals surface area contributed by atoms with Crippen LogP contribution in [0.1, 0.15) is 38.2 Å². The van der Waals surface area contributed by atoms with E-state index in [9.17, 15) is 22.8 Å². The molecule has 1 fully saturated rings. The molecule has 1 aromatic carbocycles. The van der Waals surface area contributed by atoms with E-state index in [1.165, 1.54) is 17.0 Å². The zero-order valence-corrected chi connectivity index (χ0v) is 13.5. The highest BCUT2D eigenvalue weighted by atomic mass is 19.4. The maximum absolute atomic E-state index is 12.8. The van der Waals surface area contributed by atoms with Crippen molar-refractivity contribution in [2.24, 2.45) is 5.92 Å². The molecule has 4 nitrogen and oxygen atoms in total. The summed E-state index contributed by atoms with van der Waals surface area (Å²) in [6.45, 7) is 2.73. The Hall–Kier alpha value is -2.05. The van der Waals surface area contributed by atoms with Gasteiger partial charge in [-0.1, -0.05) is 25.8 Å². The van der Waals surface area contributed by atoms with Gasteiger partial charge in [-0.15, -0.1) is 0 Å². The topological polar surface area (TPSA) is 49.4 Å². The van der Waals surface area contributed by atoms with E-state index in [4.69, 9.17) is 0 Å². The lowest BCUT2D eigenvalue weighted by Crippen LogP contribution is -2.33. The number of nitrogens with one attached hydrogen (secondary N) is 1. The maximum Gasteiger partial charge on any atom is 0.416 e. The molecule has 1 aromatic rings. The highest BCUT2D eigenvalue weighted by Gasteiger charge is 2.36. The Morgan fingerprint density at radius 3 is 2.75 bits per heavy atom. The van der Waals surface area contributed by atoms with Crippen LogP contribution >= 0.6 is 0 Å². The SMILES string of the molecule is CCCCCNC(=O)C1CC(=O)N(c2cccc(C(F)(F)F)c2)C1. The third kappa shape index (κ3) is 4.49. The molecule has 2 rings (SSSR count). The van der Waals surface area contributed by atoms with E-state index in [2.05, 4.69) is 12.2 Å². The molecule has 0 saturated carbocycles. The van der Waals surface area contributed by atoms with Crippen molar-refractivity contribution in [2.75, 3.05) is 18.0 Å². The van der Waals surface area contributed by atoms with Crippen LogP contribution in [0.2, 0.25) is 0 Å². The Morgan fingerprint density at radius 1 is 1.33 bits per heavy atom. The van der Waals surface area contributed by atoms with Crippen molar-refractivity contribution >= 4 is 17.5 Å². The van der Waals surface area contributed by atoms with Crippen molar-refractivity contribution in [3.05, 3.63) is 29.8 Å². The number of hydrogen-bond acceptors (Lipinski definition) is 2. The van der Waals surface area contributed by atoms with Crippen molar-refractivity contribution in [3.63, 3.8) is 0 Å². The number of benzene rings is 1. The van der Waals surface area contributed by atoms with E-state index >= 15 is 0 Å². The summed E-state index contributed by atoms with van der Waals surface area (Å²) in [5.74, 6) is -1.06. The quantitative estimate of drug-likeness (QED) is 0.806. The number of alkyl halides is 3. The third-order valence-electron chi connectivity index (χ3n) is 4.06. The fraction of sp³-hybridized carbons (Fsp3) is 0.529. The van der Waals surface area contributed by atoms with Crippen molar-refractivity contribution in [1.29, 1.82) is 0 Å². The number of rotatable bonds is 6. The van der Waals surface area contributed by atoms with E-state index < -0.39 is 17.7 Å². The average molecular weight is 342 g/mol. The number of anilines is 1. The second kappa shape index (κ2) is 7.68. The molecule has 0 aromatic heterocycles. The second-order valence-corrected chi connectivity index (χ2v) is 5.95. The molecule has 0 spiro atoms. The number of unbranched alkanes of at least 4 members (excludes halogenated alkanes) is 2. The Labute approximate surface area is 139 Å². The fourth-order valence-electron chi connectivity index (χ4n) is 2.71. The molecule has 1 unspecified atom stereocenters. The first-order chi connectivity index (χ1) is 11.3. The van der Waals surface area contributed by atoms with Crippen molar-refractivity contribution in [3.8, 4) is 0 Å². The number of hydrogen-bond donors (Lipinski definition) is 1. The molecule has 1 aliphatic heterocycles. The minimum absolute atomic E-state index is 0.0237. The van der Waals surface area contributed by atoms with Gasteiger partial charge in [-0.05, 0) is 24.6 Å². The fourth-order valence-corrected chi connectivity index (χ4v) is 2.71. The average Bonchev–Trinajstić information content (AvgIpc) is 2.93. The number of carbonyl (C=O) groups excluding carboxylic acids is 2. The van der Waals surface area contributed by atoms with Crippen molar-refractivity contribution in [2.45, 2.75) is 38.8 Å². The van der Waals surface area contributed by atoms with Crippen LogP contribution in [0.5, 0.6) is 0 Å². The van der Waals surface area contributed by atoms with Crippen LogP contribution in [0.25, 0.3) is 0 Å². The van der Waals surface area contributed by atoms with E-state index in [0.29, 0.717) is 6.54 Å². The molecule has 0 aliphatic carbocycles. The normalized spacial score (nSPS) is 18.1. The number of amides is 2. The van der Waals surface area contributed by atoms with Gasteiger partial charge in [0.2, 0.25) is 11.8 Å². The standard InChI is InChI=1S/C17H21F3N2O2/c1-2-3-4-8-21-16(24)12-9-15(23)22(11-12)14-7-5-6-13(10-14)17(18,19)20/h5-7,10,12H,2-4,8-9,11H2,1H3,(H,21,24). The summed E-state index contributed by atoms with van der Waals surface area (Å²) in [4.78, 5) is 25.4. The Balaban J connectivity index is 2.01. The molecule has 1 atom stereocenters. The molecule has 1 saturated heterocycles. The van der Waals surface area contributed by atoms with Gasteiger partial charge < -0.3 is 10.2 Å². The van der Waals surface area contributed by atoms with E-state index in [1.807, 2.05) is 0 Å². The van der Waals surface area contributed by atoms with Gasteiger partial charge in [-0.25, -0.2) is 0 Å². The highest BCUT2D eigenvalue weighted by molar-refractivity contribution is 6.00. The Kier molecular flexibility index (Phi) is 5.85.